The van der Waals surface area contributed by atoms with Gasteiger partial charge in [0.1, 0.15) is 5.78 Å². The Morgan fingerprint density at radius 2 is 1.93 bits per heavy atom. The Morgan fingerprint density at radius 3 is 2.67 bits per heavy atom. The normalized spacial score (nSPS) is 16.7. The Balaban J connectivity index is 1.70. The fourth-order valence-electron chi connectivity index (χ4n) is 3.66. The Bertz CT molecular complexity index is 659. The molecule has 0 spiro atoms. The largest absolute Gasteiger partial charge is 0.481 e. The maximum absolute atomic E-state index is 12.3. The van der Waals surface area contributed by atoms with Crippen molar-refractivity contribution in [3.8, 4) is 0 Å². The minimum Gasteiger partial charge on any atom is -0.481 e. The van der Waals surface area contributed by atoms with Gasteiger partial charge in [0.2, 0.25) is 5.91 Å². The summed E-state index contributed by atoms with van der Waals surface area (Å²) < 4.78 is 0. The molecule has 0 radical (unpaired) electrons. The number of rotatable bonds is 12. The molecule has 0 aromatic heterocycles. The summed E-state index contributed by atoms with van der Waals surface area (Å²) >= 11 is 0. The van der Waals surface area contributed by atoms with Crippen molar-refractivity contribution in [2.45, 2.75) is 70.3 Å². The van der Waals surface area contributed by atoms with Crippen LogP contribution < -0.4 is 5.73 Å². The zero-order chi connectivity index (χ0) is 19.6. The number of benzene rings is 1. The van der Waals surface area contributed by atoms with E-state index in [0.29, 0.717) is 44.3 Å². The number of carboxylic acid groups (broad SMARTS) is 1. The Morgan fingerprint density at radius 1 is 1.15 bits per heavy atom. The lowest BCUT2D eigenvalue weighted by Crippen LogP contribution is -2.34. The highest BCUT2D eigenvalue weighted by atomic mass is 16.4. The lowest BCUT2D eigenvalue weighted by molar-refractivity contribution is -0.137. The van der Waals surface area contributed by atoms with Gasteiger partial charge in [-0.1, -0.05) is 25.0 Å². The van der Waals surface area contributed by atoms with E-state index < -0.39 is 5.97 Å². The summed E-state index contributed by atoms with van der Waals surface area (Å²) in [6.07, 6.45) is 6.54. The number of Topliss-reactive ketones (excluding diaryl/α,β-unsaturated/α-hetero) is 1. The first-order valence-corrected chi connectivity index (χ1v) is 9.83. The lowest BCUT2D eigenvalue weighted by atomic mass is 10.0. The SMILES string of the molecule is Nc1cccc(CC(=O)CC[C@H]2CCC(=O)N2CCCCCCC(=O)O)c1. The van der Waals surface area contributed by atoms with Crippen LogP contribution in [0.15, 0.2) is 24.3 Å². The summed E-state index contributed by atoms with van der Waals surface area (Å²) in [4.78, 5) is 36.8. The molecule has 0 unspecified atom stereocenters. The van der Waals surface area contributed by atoms with Gasteiger partial charge >= 0.3 is 5.97 Å². The molecule has 1 saturated heterocycles. The minimum atomic E-state index is -0.757. The second kappa shape index (κ2) is 10.7. The summed E-state index contributed by atoms with van der Waals surface area (Å²) in [7, 11) is 0. The summed E-state index contributed by atoms with van der Waals surface area (Å²) in [6, 6.07) is 7.54. The minimum absolute atomic E-state index is 0.154. The number of nitrogen functional groups attached to an aromatic ring is 1. The average Bonchev–Trinajstić information content (AvgIpc) is 2.96. The molecule has 148 valence electrons. The highest BCUT2D eigenvalue weighted by molar-refractivity contribution is 5.82. The van der Waals surface area contributed by atoms with E-state index in [2.05, 4.69) is 0 Å². The Hall–Kier alpha value is -2.37. The van der Waals surface area contributed by atoms with Crippen LogP contribution >= 0.6 is 0 Å². The zero-order valence-electron chi connectivity index (χ0n) is 15.9. The van der Waals surface area contributed by atoms with Crippen LogP contribution in [0.4, 0.5) is 5.69 Å². The second-order valence-corrected chi connectivity index (χ2v) is 7.34. The van der Waals surface area contributed by atoms with Gasteiger partial charge in [-0.3, -0.25) is 14.4 Å². The highest BCUT2D eigenvalue weighted by Crippen LogP contribution is 2.24. The number of nitrogens with two attached hydrogens (primary N) is 1. The van der Waals surface area contributed by atoms with Gasteiger partial charge in [0, 0.05) is 44.0 Å². The molecular weight excluding hydrogens is 344 g/mol. The molecule has 1 aromatic rings. The van der Waals surface area contributed by atoms with E-state index in [-0.39, 0.29) is 24.2 Å². The molecule has 1 fully saturated rings. The third kappa shape index (κ3) is 7.41. The molecule has 3 N–H and O–H groups in total. The van der Waals surface area contributed by atoms with Gasteiger partial charge in [0.25, 0.3) is 0 Å². The Kier molecular flexibility index (Phi) is 8.30. The number of hydrogen-bond acceptors (Lipinski definition) is 4. The first kappa shape index (κ1) is 20.9. The van der Waals surface area contributed by atoms with Crippen LogP contribution in [-0.4, -0.2) is 40.3 Å². The number of unbranched alkanes of at least 4 members (excludes halogenated alkanes) is 3. The topological polar surface area (TPSA) is 101 Å². The fraction of sp³-hybridized carbons (Fsp3) is 0.571. The quantitative estimate of drug-likeness (QED) is 0.432. The second-order valence-electron chi connectivity index (χ2n) is 7.34. The van der Waals surface area contributed by atoms with Crippen molar-refractivity contribution in [1.29, 1.82) is 0 Å². The Labute approximate surface area is 160 Å². The van der Waals surface area contributed by atoms with E-state index in [4.69, 9.17) is 10.8 Å². The number of carbonyl (C=O) groups excluding carboxylic acids is 2. The fourth-order valence-corrected chi connectivity index (χ4v) is 3.66. The number of amides is 1. The number of carboxylic acids is 1. The summed E-state index contributed by atoms with van der Waals surface area (Å²) in [5.74, 6) is -0.407. The van der Waals surface area contributed by atoms with Gasteiger partial charge in [-0.25, -0.2) is 0 Å². The van der Waals surface area contributed by atoms with Crippen LogP contribution in [0.25, 0.3) is 0 Å². The number of nitrogens with zero attached hydrogens (tertiary/aromatic N) is 1. The van der Waals surface area contributed by atoms with Gasteiger partial charge in [-0.05, 0) is 43.4 Å². The van der Waals surface area contributed by atoms with E-state index in [0.717, 1.165) is 31.2 Å². The molecule has 6 nitrogen and oxygen atoms in total. The maximum atomic E-state index is 12.3. The third-order valence-corrected chi connectivity index (χ3v) is 5.10. The van der Waals surface area contributed by atoms with E-state index in [1.807, 2.05) is 23.1 Å². The number of ketones is 1. The summed E-state index contributed by atoms with van der Waals surface area (Å²) in [5.41, 5.74) is 7.34. The monoisotopic (exact) mass is 374 g/mol. The molecule has 0 aliphatic carbocycles. The molecule has 1 aliphatic rings. The molecule has 1 heterocycles. The van der Waals surface area contributed by atoms with E-state index >= 15 is 0 Å². The zero-order valence-corrected chi connectivity index (χ0v) is 15.9. The molecule has 2 rings (SSSR count). The molecular formula is C21H30N2O4. The van der Waals surface area contributed by atoms with Crippen molar-refractivity contribution in [3.05, 3.63) is 29.8 Å². The molecule has 27 heavy (non-hydrogen) atoms. The molecule has 0 saturated carbocycles. The van der Waals surface area contributed by atoms with Crippen LogP contribution in [-0.2, 0) is 20.8 Å². The molecule has 6 heteroatoms. The molecule has 1 aromatic carbocycles. The van der Waals surface area contributed by atoms with Crippen molar-refractivity contribution in [3.63, 3.8) is 0 Å². The predicted octanol–water partition coefficient (Wildman–Crippen LogP) is 3.19. The first-order valence-electron chi connectivity index (χ1n) is 9.83. The number of carbonyl (C=O) groups is 3. The number of anilines is 1. The first-order chi connectivity index (χ1) is 13.0. The van der Waals surface area contributed by atoms with E-state index in [9.17, 15) is 14.4 Å². The van der Waals surface area contributed by atoms with Gasteiger partial charge < -0.3 is 15.7 Å². The standard InChI is InChI=1S/C21H30N2O4/c22-17-7-5-6-16(14-17)15-19(24)11-9-18-10-12-20(25)23(18)13-4-2-1-3-8-21(26)27/h5-7,14,18H,1-4,8-13,15,22H2,(H,26,27)/t18-/m0/s1. The van der Waals surface area contributed by atoms with Gasteiger partial charge in [0.05, 0.1) is 0 Å². The molecule has 1 atom stereocenters. The summed E-state index contributed by atoms with van der Waals surface area (Å²) in [5, 5.41) is 8.64. The van der Waals surface area contributed by atoms with Crippen molar-refractivity contribution >= 4 is 23.3 Å². The molecule has 1 amide bonds. The summed E-state index contributed by atoms with van der Waals surface area (Å²) in [6.45, 7) is 0.708. The number of aliphatic carboxylic acids is 1. The van der Waals surface area contributed by atoms with Crippen molar-refractivity contribution in [2.75, 3.05) is 12.3 Å². The van der Waals surface area contributed by atoms with E-state index in [1.165, 1.54) is 0 Å². The van der Waals surface area contributed by atoms with Crippen LogP contribution in [0.1, 0.15) is 63.4 Å². The maximum Gasteiger partial charge on any atom is 0.303 e. The third-order valence-electron chi connectivity index (χ3n) is 5.10. The van der Waals surface area contributed by atoms with Crippen molar-refractivity contribution in [2.24, 2.45) is 0 Å². The van der Waals surface area contributed by atoms with Gasteiger partial charge in [-0.15, -0.1) is 0 Å². The molecule has 0 bridgehead atoms. The van der Waals surface area contributed by atoms with Crippen LogP contribution in [0.5, 0.6) is 0 Å². The molecule has 1 aliphatic heterocycles. The lowest BCUT2D eigenvalue weighted by Gasteiger charge is -2.24. The van der Waals surface area contributed by atoms with E-state index in [1.54, 1.807) is 6.07 Å². The number of likely N-dealkylation sites (tertiary alicyclic amines) is 1. The smallest absolute Gasteiger partial charge is 0.303 e. The van der Waals surface area contributed by atoms with Crippen LogP contribution in [0.2, 0.25) is 0 Å². The van der Waals surface area contributed by atoms with Gasteiger partial charge in [-0.2, -0.15) is 0 Å². The highest BCUT2D eigenvalue weighted by Gasteiger charge is 2.30. The van der Waals surface area contributed by atoms with Crippen LogP contribution in [0, 0.1) is 0 Å². The predicted molar refractivity (Wildman–Crippen MR) is 104 cm³/mol. The van der Waals surface area contributed by atoms with Crippen LogP contribution in [0.3, 0.4) is 0 Å². The van der Waals surface area contributed by atoms with Gasteiger partial charge in [0.15, 0.2) is 0 Å². The average molecular weight is 374 g/mol. The number of hydrogen-bond donors (Lipinski definition) is 2. The van der Waals surface area contributed by atoms with Crippen molar-refractivity contribution < 1.29 is 19.5 Å². The van der Waals surface area contributed by atoms with Crippen molar-refractivity contribution in [1.82, 2.24) is 4.90 Å².